The van der Waals surface area contributed by atoms with Gasteiger partial charge in [0.15, 0.2) is 0 Å². The van der Waals surface area contributed by atoms with E-state index in [-0.39, 0.29) is 5.56 Å². The first-order valence-electron chi connectivity index (χ1n) is 6.71. The fraction of sp³-hybridized carbons (Fsp3) is 0.222. The topological polar surface area (TPSA) is 0 Å². The number of hydrogen-bond acceptors (Lipinski definition) is 0. The van der Waals surface area contributed by atoms with Crippen LogP contribution in [0, 0.1) is 12.7 Å². The molecule has 0 radical (unpaired) electrons. The molecule has 0 saturated heterocycles. The van der Waals surface area contributed by atoms with Gasteiger partial charge in [-0.05, 0) is 48.1 Å². The molecule has 0 spiro atoms. The summed E-state index contributed by atoms with van der Waals surface area (Å²) in [7, 11) is 0. The van der Waals surface area contributed by atoms with Gasteiger partial charge in [0.1, 0.15) is 12.5 Å². The molecular weight excluding hydrogens is 254 g/mol. The minimum Gasteiger partial charge on any atom is -0.246 e. The number of halogens is 2. The lowest BCUT2D eigenvalue weighted by Gasteiger charge is -2.09. The summed E-state index contributed by atoms with van der Waals surface area (Å²) in [6, 6.07) is 11.3. The first-order valence-corrected chi connectivity index (χ1v) is 6.71. The highest BCUT2D eigenvalue weighted by Crippen LogP contribution is 2.26. The van der Waals surface area contributed by atoms with E-state index in [0.717, 1.165) is 24.0 Å². The van der Waals surface area contributed by atoms with Crippen LogP contribution < -0.4 is 0 Å². The highest BCUT2D eigenvalue weighted by molar-refractivity contribution is 5.65. The zero-order valence-corrected chi connectivity index (χ0v) is 11.6. The van der Waals surface area contributed by atoms with Crippen molar-refractivity contribution in [3.63, 3.8) is 0 Å². The summed E-state index contributed by atoms with van der Waals surface area (Å²) < 4.78 is 26.5. The van der Waals surface area contributed by atoms with Crippen LogP contribution in [0.15, 0.2) is 49.1 Å². The molecule has 0 atom stereocenters. The van der Waals surface area contributed by atoms with Crippen LogP contribution in [-0.2, 0) is 13.1 Å². The maximum absolute atomic E-state index is 13.8. The van der Waals surface area contributed by atoms with Crippen molar-refractivity contribution in [1.29, 1.82) is 0 Å². The predicted octanol–water partition coefficient (Wildman–Crippen LogP) is 5.39. The lowest BCUT2D eigenvalue weighted by Crippen LogP contribution is -1.93. The van der Waals surface area contributed by atoms with Gasteiger partial charge >= 0.3 is 0 Å². The molecule has 0 bridgehead atoms. The minimum atomic E-state index is -0.765. The van der Waals surface area contributed by atoms with Crippen LogP contribution in [0.5, 0.6) is 0 Å². The molecule has 104 valence electrons. The number of alkyl halides is 1. The Labute approximate surface area is 118 Å². The molecule has 0 N–H and O–H groups in total. The molecule has 0 heterocycles. The lowest BCUT2D eigenvalue weighted by atomic mass is 9.98. The SMILES string of the molecule is C=CCCc1ccc(-c2cc(C)c(CF)c(F)c2)cc1. The molecule has 0 fully saturated rings. The second-order valence-corrected chi connectivity index (χ2v) is 4.91. The first kappa shape index (κ1) is 14.4. The van der Waals surface area contributed by atoms with Crippen LogP contribution in [0.2, 0.25) is 0 Å². The Hall–Kier alpha value is -1.96. The molecule has 2 aromatic carbocycles. The fourth-order valence-corrected chi connectivity index (χ4v) is 2.24. The first-order chi connectivity index (χ1) is 9.65. The number of hydrogen-bond donors (Lipinski definition) is 0. The second kappa shape index (κ2) is 6.47. The van der Waals surface area contributed by atoms with Crippen molar-refractivity contribution in [2.45, 2.75) is 26.4 Å². The van der Waals surface area contributed by atoms with Crippen molar-refractivity contribution in [3.05, 3.63) is 71.6 Å². The van der Waals surface area contributed by atoms with Crippen molar-refractivity contribution in [2.75, 3.05) is 0 Å². The van der Waals surface area contributed by atoms with Gasteiger partial charge in [0.2, 0.25) is 0 Å². The number of allylic oxidation sites excluding steroid dienone is 1. The summed E-state index contributed by atoms with van der Waals surface area (Å²) in [4.78, 5) is 0. The maximum Gasteiger partial charge on any atom is 0.129 e. The molecule has 2 heteroatoms. The van der Waals surface area contributed by atoms with Crippen molar-refractivity contribution in [3.8, 4) is 11.1 Å². The van der Waals surface area contributed by atoms with Gasteiger partial charge in [0.25, 0.3) is 0 Å². The van der Waals surface area contributed by atoms with Crippen LogP contribution in [0.4, 0.5) is 8.78 Å². The zero-order chi connectivity index (χ0) is 14.5. The van der Waals surface area contributed by atoms with Gasteiger partial charge in [-0.3, -0.25) is 0 Å². The number of aryl methyl sites for hydroxylation is 2. The molecule has 0 aliphatic carbocycles. The minimum absolute atomic E-state index is 0.149. The van der Waals surface area contributed by atoms with E-state index in [1.54, 1.807) is 6.92 Å². The molecule has 0 nitrogen and oxygen atoms in total. The highest BCUT2D eigenvalue weighted by Gasteiger charge is 2.09. The summed E-state index contributed by atoms with van der Waals surface area (Å²) in [6.45, 7) is 4.67. The third-order valence-corrected chi connectivity index (χ3v) is 3.48. The quantitative estimate of drug-likeness (QED) is 0.640. The summed E-state index contributed by atoms with van der Waals surface area (Å²) in [5, 5.41) is 0. The van der Waals surface area contributed by atoms with Crippen LogP contribution in [0.25, 0.3) is 11.1 Å². The van der Waals surface area contributed by atoms with Crippen molar-refractivity contribution < 1.29 is 8.78 Å². The van der Waals surface area contributed by atoms with Gasteiger partial charge in [-0.15, -0.1) is 6.58 Å². The maximum atomic E-state index is 13.8. The molecule has 2 aromatic rings. The normalized spacial score (nSPS) is 10.6. The van der Waals surface area contributed by atoms with Crippen LogP contribution in [0.1, 0.15) is 23.1 Å². The average molecular weight is 272 g/mol. The molecule has 2 rings (SSSR count). The average Bonchev–Trinajstić information content (AvgIpc) is 2.45. The smallest absolute Gasteiger partial charge is 0.129 e. The van der Waals surface area contributed by atoms with Crippen LogP contribution in [0.3, 0.4) is 0 Å². The fourth-order valence-electron chi connectivity index (χ4n) is 2.24. The Balaban J connectivity index is 2.30. The van der Waals surface area contributed by atoms with Crippen molar-refractivity contribution >= 4 is 0 Å². The molecule has 0 unspecified atom stereocenters. The Morgan fingerprint density at radius 1 is 1.10 bits per heavy atom. The zero-order valence-electron chi connectivity index (χ0n) is 11.6. The van der Waals surface area contributed by atoms with E-state index in [1.165, 1.54) is 11.6 Å². The van der Waals surface area contributed by atoms with Crippen LogP contribution in [-0.4, -0.2) is 0 Å². The standard InChI is InChI=1S/C18H18F2/c1-3-4-5-14-6-8-15(9-7-14)16-10-13(2)17(12-19)18(20)11-16/h3,6-11H,1,4-5,12H2,2H3. The molecule has 0 aliphatic rings. The third kappa shape index (κ3) is 3.13. The van der Waals surface area contributed by atoms with Gasteiger partial charge < -0.3 is 0 Å². The molecular formula is C18H18F2. The van der Waals surface area contributed by atoms with Crippen molar-refractivity contribution in [1.82, 2.24) is 0 Å². The summed E-state index contributed by atoms with van der Waals surface area (Å²) in [6.07, 6.45) is 3.79. The molecule has 20 heavy (non-hydrogen) atoms. The van der Waals surface area contributed by atoms with Gasteiger partial charge in [0.05, 0.1) is 0 Å². The van der Waals surface area contributed by atoms with E-state index >= 15 is 0 Å². The van der Waals surface area contributed by atoms with Crippen molar-refractivity contribution in [2.24, 2.45) is 0 Å². The highest BCUT2D eigenvalue weighted by atomic mass is 19.1. The van der Waals surface area contributed by atoms with Gasteiger partial charge in [-0.2, -0.15) is 0 Å². The Morgan fingerprint density at radius 3 is 2.35 bits per heavy atom. The molecule has 0 aromatic heterocycles. The van der Waals surface area contributed by atoms with Crippen LogP contribution >= 0.6 is 0 Å². The van der Waals surface area contributed by atoms with E-state index in [0.29, 0.717) is 5.56 Å². The third-order valence-electron chi connectivity index (χ3n) is 3.48. The summed E-state index contributed by atoms with van der Waals surface area (Å²) in [5.41, 5.74) is 3.76. The van der Waals surface area contributed by atoms with Gasteiger partial charge in [0, 0.05) is 5.56 Å². The number of rotatable bonds is 5. The van der Waals surface area contributed by atoms with E-state index in [1.807, 2.05) is 36.4 Å². The molecule has 0 amide bonds. The second-order valence-electron chi connectivity index (χ2n) is 4.91. The summed E-state index contributed by atoms with van der Waals surface area (Å²) in [5.74, 6) is -0.474. The molecule has 0 saturated carbocycles. The van der Waals surface area contributed by atoms with Gasteiger partial charge in [-0.25, -0.2) is 8.78 Å². The molecule has 0 aliphatic heterocycles. The summed E-state index contributed by atoms with van der Waals surface area (Å²) >= 11 is 0. The largest absolute Gasteiger partial charge is 0.246 e. The van der Waals surface area contributed by atoms with E-state index in [9.17, 15) is 8.78 Å². The van der Waals surface area contributed by atoms with Gasteiger partial charge in [-0.1, -0.05) is 36.4 Å². The Bertz CT molecular complexity index is 574. The lowest BCUT2D eigenvalue weighted by molar-refractivity contribution is 0.462. The Morgan fingerprint density at radius 2 is 1.80 bits per heavy atom. The predicted molar refractivity (Wildman–Crippen MR) is 79.9 cm³/mol. The number of benzene rings is 2. The monoisotopic (exact) mass is 272 g/mol. The van der Waals surface area contributed by atoms with E-state index in [4.69, 9.17) is 0 Å². The van der Waals surface area contributed by atoms with E-state index in [2.05, 4.69) is 6.58 Å². The Kier molecular flexibility index (Phi) is 4.67. The van der Waals surface area contributed by atoms with E-state index < -0.39 is 12.5 Å².